The van der Waals surface area contributed by atoms with Crippen LogP contribution in [0.15, 0.2) is 48.5 Å². The molecule has 0 radical (unpaired) electrons. The van der Waals surface area contributed by atoms with Crippen LogP contribution in [0, 0.1) is 5.82 Å². The molecular formula is C19H18FNO4. The van der Waals surface area contributed by atoms with Crippen molar-refractivity contribution in [1.29, 1.82) is 0 Å². The van der Waals surface area contributed by atoms with Gasteiger partial charge in [0.25, 0.3) is 0 Å². The first-order valence-electron chi connectivity index (χ1n) is 8.10. The molecule has 2 aromatic carbocycles. The van der Waals surface area contributed by atoms with Crippen molar-refractivity contribution in [3.63, 3.8) is 0 Å². The van der Waals surface area contributed by atoms with E-state index in [1.807, 2.05) is 0 Å². The van der Waals surface area contributed by atoms with Crippen molar-refractivity contribution in [2.75, 3.05) is 24.7 Å². The Labute approximate surface area is 145 Å². The number of hydrogen-bond acceptors (Lipinski definition) is 4. The molecule has 0 atom stereocenters. The minimum Gasteiger partial charge on any atom is -0.487 e. The average Bonchev–Trinajstić information content (AvgIpc) is 3.06. The molecule has 0 bridgehead atoms. The second-order valence-corrected chi connectivity index (χ2v) is 5.61. The number of rotatable bonds is 6. The van der Waals surface area contributed by atoms with E-state index in [2.05, 4.69) is 0 Å². The fraction of sp³-hybridized carbons (Fsp3) is 0.263. The van der Waals surface area contributed by atoms with Crippen LogP contribution in [0.3, 0.4) is 0 Å². The van der Waals surface area contributed by atoms with Crippen molar-refractivity contribution < 1.29 is 23.5 Å². The molecule has 0 aliphatic carbocycles. The molecule has 130 valence electrons. The summed E-state index contributed by atoms with van der Waals surface area (Å²) in [5.41, 5.74) is 1.06. The summed E-state index contributed by atoms with van der Waals surface area (Å²) in [6.07, 6.45) is 1.35. The predicted molar refractivity (Wildman–Crippen MR) is 90.2 cm³/mol. The van der Waals surface area contributed by atoms with Gasteiger partial charge in [-0.05, 0) is 36.8 Å². The third-order valence-electron chi connectivity index (χ3n) is 3.88. The lowest BCUT2D eigenvalue weighted by atomic mass is 10.2. The van der Waals surface area contributed by atoms with Crippen molar-refractivity contribution in [3.05, 3.63) is 59.9 Å². The quantitative estimate of drug-likeness (QED) is 0.597. The molecule has 1 heterocycles. The largest absolute Gasteiger partial charge is 0.487 e. The minimum atomic E-state index is -0.509. The monoisotopic (exact) mass is 343 g/mol. The molecule has 3 rings (SSSR count). The highest BCUT2D eigenvalue weighted by Gasteiger charge is 2.22. The van der Waals surface area contributed by atoms with Crippen LogP contribution in [-0.4, -0.2) is 31.6 Å². The number of carbonyl (C=O) groups is 2. The van der Waals surface area contributed by atoms with Gasteiger partial charge in [-0.1, -0.05) is 18.2 Å². The van der Waals surface area contributed by atoms with Gasteiger partial charge in [0.15, 0.2) is 11.6 Å². The van der Waals surface area contributed by atoms with Crippen LogP contribution < -0.4 is 9.64 Å². The van der Waals surface area contributed by atoms with Crippen molar-refractivity contribution in [2.45, 2.75) is 12.8 Å². The number of anilines is 1. The van der Waals surface area contributed by atoms with Crippen molar-refractivity contribution in [2.24, 2.45) is 0 Å². The highest BCUT2D eigenvalue weighted by Crippen LogP contribution is 2.22. The Morgan fingerprint density at radius 3 is 2.72 bits per heavy atom. The molecule has 1 aliphatic rings. The zero-order chi connectivity index (χ0) is 17.6. The van der Waals surface area contributed by atoms with Gasteiger partial charge in [-0.2, -0.15) is 0 Å². The van der Waals surface area contributed by atoms with E-state index < -0.39 is 11.8 Å². The van der Waals surface area contributed by atoms with Gasteiger partial charge >= 0.3 is 5.97 Å². The topological polar surface area (TPSA) is 55.8 Å². The van der Waals surface area contributed by atoms with Crippen LogP contribution in [0.4, 0.5) is 10.1 Å². The van der Waals surface area contributed by atoms with Crippen LogP contribution in [0.1, 0.15) is 23.2 Å². The zero-order valence-corrected chi connectivity index (χ0v) is 13.6. The fourth-order valence-corrected chi connectivity index (χ4v) is 2.65. The molecule has 0 saturated carbocycles. The summed E-state index contributed by atoms with van der Waals surface area (Å²) in [6.45, 7) is 0.713. The number of carbonyl (C=O) groups excluding carboxylic acids is 2. The first kappa shape index (κ1) is 17.0. The van der Waals surface area contributed by atoms with Crippen LogP contribution >= 0.6 is 0 Å². The Hall–Kier alpha value is -2.89. The number of esters is 1. The molecule has 1 aliphatic heterocycles. The molecule has 6 heteroatoms. The molecule has 25 heavy (non-hydrogen) atoms. The van der Waals surface area contributed by atoms with Crippen molar-refractivity contribution in [1.82, 2.24) is 0 Å². The normalized spacial score (nSPS) is 13.8. The van der Waals surface area contributed by atoms with Gasteiger partial charge in [-0.15, -0.1) is 0 Å². The number of benzene rings is 2. The summed E-state index contributed by atoms with van der Waals surface area (Å²) < 4.78 is 23.8. The van der Waals surface area contributed by atoms with Gasteiger partial charge in [0.1, 0.15) is 13.2 Å². The summed E-state index contributed by atoms with van der Waals surface area (Å²) >= 11 is 0. The Morgan fingerprint density at radius 1 is 1.12 bits per heavy atom. The summed E-state index contributed by atoms with van der Waals surface area (Å²) in [4.78, 5) is 25.6. The van der Waals surface area contributed by atoms with E-state index in [0.29, 0.717) is 24.2 Å². The highest BCUT2D eigenvalue weighted by molar-refractivity contribution is 5.97. The number of para-hydroxylation sites is 1. The second kappa shape index (κ2) is 7.79. The van der Waals surface area contributed by atoms with E-state index in [1.54, 1.807) is 41.3 Å². The first-order chi connectivity index (χ1) is 12.1. The molecule has 5 nitrogen and oxygen atoms in total. The van der Waals surface area contributed by atoms with Gasteiger partial charge < -0.3 is 14.4 Å². The Bertz CT molecular complexity index is 778. The second-order valence-electron chi connectivity index (χ2n) is 5.61. The number of ether oxygens (including phenoxy) is 2. The lowest BCUT2D eigenvalue weighted by molar-refractivity contribution is -0.117. The van der Waals surface area contributed by atoms with E-state index in [-0.39, 0.29) is 24.9 Å². The lowest BCUT2D eigenvalue weighted by Crippen LogP contribution is -2.24. The van der Waals surface area contributed by atoms with Crippen LogP contribution in [0.2, 0.25) is 0 Å². The Balaban J connectivity index is 1.53. The lowest BCUT2D eigenvalue weighted by Gasteiger charge is -2.16. The molecule has 1 fully saturated rings. The van der Waals surface area contributed by atoms with Gasteiger partial charge in [0.2, 0.25) is 5.91 Å². The predicted octanol–water partition coefficient (Wildman–Crippen LogP) is 3.19. The SMILES string of the molecule is O=C(OCCOc1ccccc1F)c1cccc(N2CCCC2=O)c1. The van der Waals surface area contributed by atoms with E-state index in [1.165, 1.54) is 12.1 Å². The third kappa shape index (κ3) is 4.15. The molecule has 0 spiro atoms. The van der Waals surface area contributed by atoms with E-state index in [0.717, 1.165) is 6.42 Å². The van der Waals surface area contributed by atoms with Crippen molar-refractivity contribution in [3.8, 4) is 5.75 Å². The summed E-state index contributed by atoms with van der Waals surface area (Å²) in [6, 6.07) is 12.8. The van der Waals surface area contributed by atoms with Crippen LogP contribution in [0.25, 0.3) is 0 Å². The van der Waals surface area contributed by atoms with Gasteiger partial charge in [-0.25, -0.2) is 9.18 Å². The Morgan fingerprint density at radius 2 is 1.96 bits per heavy atom. The first-order valence-corrected chi connectivity index (χ1v) is 8.10. The minimum absolute atomic E-state index is 0.0000398. The van der Waals surface area contributed by atoms with Gasteiger partial charge in [0.05, 0.1) is 5.56 Å². The molecule has 1 amide bonds. The van der Waals surface area contributed by atoms with Crippen LogP contribution in [-0.2, 0) is 9.53 Å². The molecule has 2 aromatic rings. The summed E-state index contributed by atoms with van der Waals surface area (Å²) in [5.74, 6) is -0.792. The molecular weight excluding hydrogens is 325 g/mol. The maximum atomic E-state index is 13.4. The van der Waals surface area contributed by atoms with E-state index in [9.17, 15) is 14.0 Å². The Kier molecular flexibility index (Phi) is 5.28. The smallest absolute Gasteiger partial charge is 0.338 e. The van der Waals surface area contributed by atoms with Gasteiger partial charge in [-0.3, -0.25) is 4.79 Å². The zero-order valence-electron chi connectivity index (χ0n) is 13.6. The van der Waals surface area contributed by atoms with Crippen LogP contribution in [0.5, 0.6) is 5.75 Å². The summed E-state index contributed by atoms with van der Waals surface area (Å²) in [5, 5.41) is 0. The van der Waals surface area contributed by atoms with Gasteiger partial charge in [0, 0.05) is 18.7 Å². The maximum absolute atomic E-state index is 13.4. The van der Waals surface area contributed by atoms with Crippen molar-refractivity contribution >= 4 is 17.6 Å². The standard InChI is InChI=1S/C19H18FNO4/c20-16-7-1-2-8-17(16)24-11-12-25-19(23)14-5-3-6-15(13-14)21-10-4-9-18(21)22/h1-3,5-8,13H,4,9-12H2. The number of amides is 1. The number of nitrogens with zero attached hydrogens (tertiary/aromatic N) is 1. The number of hydrogen-bond donors (Lipinski definition) is 0. The highest BCUT2D eigenvalue weighted by atomic mass is 19.1. The number of halogens is 1. The van der Waals surface area contributed by atoms with E-state index >= 15 is 0 Å². The van der Waals surface area contributed by atoms with E-state index in [4.69, 9.17) is 9.47 Å². The molecule has 0 N–H and O–H groups in total. The maximum Gasteiger partial charge on any atom is 0.338 e. The summed E-state index contributed by atoms with van der Waals surface area (Å²) in [7, 11) is 0. The molecule has 0 unspecified atom stereocenters. The third-order valence-corrected chi connectivity index (χ3v) is 3.88. The average molecular weight is 343 g/mol. The molecule has 0 aromatic heterocycles. The molecule has 1 saturated heterocycles. The fourth-order valence-electron chi connectivity index (χ4n) is 2.65.